The van der Waals surface area contributed by atoms with Crippen LogP contribution >= 0.6 is 0 Å². The number of hydrogen-bond acceptors (Lipinski definition) is 0. The van der Waals surface area contributed by atoms with E-state index in [2.05, 4.69) is 403 Å². The Morgan fingerprint density at radius 1 is 0.209 bits per heavy atom. The molecule has 0 N–H and O–H groups in total. The predicted octanol–water partition coefficient (Wildman–Crippen LogP) is 14.0. The Morgan fingerprint density at radius 2 is 0.560 bits per heavy atom. The zero-order valence-electron chi connectivity index (χ0n) is 55.9. The average molecular weight is 1200 g/mol. The monoisotopic (exact) mass is 1200 g/mol. The largest absolute Gasteiger partial charge is 0.277 e. The zero-order chi connectivity index (χ0) is 64.5. The minimum Gasteiger partial charge on any atom is -0.196 e. The van der Waals surface area contributed by atoms with Gasteiger partial charge >= 0.3 is 0 Å². The molecule has 452 valence electrons. The molecule has 0 fully saturated rings. The second kappa shape index (κ2) is 28.4. The zero-order valence-corrected chi connectivity index (χ0v) is 55.9. The molecule has 0 atom stereocenters. The van der Waals surface area contributed by atoms with Crippen molar-refractivity contribution >= 4 is 10.8 Å². The Bertz CT molecular complexity index is 4770. The third-order valence-electron chi connectivity index (χ3n) is 17.6. The van der Waals surface area contributed by atoms with Crippen molar-refractivity contribution in [3.8, 4) is 90.6 Å². The molecule has 0 saturated carbocycles. The Morgan fingerprint density at radius 3 is 1.05 bits per heavy atom. The summed E-state index contributed by atoms with van der Waals surface area (Å²) in [6.45, 7) is 15.1. The quantitative estimate of drug-likeness (QED) is 0.136. The number of rotatable bonds is 8. The highest BCUT2D eigenvalue weighted by Gasteiger charge is 2.28. The van der Waals surface area contributed by atoms with Gasteiger partial charge in [-0.3, -0.25) is 0 Å². The maximum Gasteiger partial charge on any atom is 0.277 e. The standard InChI is InChI=1S/C23H22N2.3C20H22N2/c1-17-9-4-7-12-20(17)21-13-8-14-22(25(21)3)23-15-18-10-5-6-11-19(18)16-24(23)2;1-15-9-7-10-16(2)20(15)19-13-8-12-18(22(19)4)17-11-5-6-14-21(17)3;1-15-11-12-17(16(2)14-15)18-9-7-10-20(22(18)4)19-8-5-6-13-21(19)3;1-15-11-12-16(2)17(14-15)18-9-7-10-20(22(18)4)19-8-5-6-13-21(19)3/h4-16H,1-3H3;3*5-14H,1-4H3/q4*+2. The number of benzene rings is 5. The fraction of sp³-hybridized carbons (Fsp3) is 0.181. The minimum atomic E-state index is 1.20. The van der Waals surface area contributed by atoms with E-state index in [0.717, 1.165) is 0 Å². The van der Waals surface area contributed by atoms with Crippen molar-refractivity contribution in [2.24, 2.45) is 56.4 Å². The summed E-state index contributed by atoms with van der Waals surface area (Å²) in [5.74, 6) is 0. The van der Waals surface area contributed by atoms with Gasteiger partial charge in [0.2, 0.25) is 22.8 Å². The van der Waals surface area contributed by atoms with Gasteiger partial charge in [0.15, 0.2) is 24.8 Å². The Hall–Kier alpha value is -10.4. The molecule has 0 aliphatic carbocycles. The average Bonchev–Trinajstić information content (AvgIpc) is 1.24. The first-order valence-corrected chi connectivity index (χ1v) is 31.4. The van der Waals surface area contributed by atoms with E-state index in [4.69, 9.17) is 0 Å². The molecular weight excluding hydrogens is 1110 g/mol. The molecule has 0 amide bonds. The summed E-state index contributed by atoms with van der Waals surface area (Å²) in [6, 6.07) is 83.9. The normalized spacial score (nSPS) is 10.8. The molecule has 0 radical (unpaired) electrons. The molecule has 0 unspecified atom stereocenters. The number of fused-ring (bicyclic) bond motifs is 1. The first-order valence-electron chi connectivity index (χ1n) is 31.4. The van der Waals surface area contributed by atoms with Crippen molar-refractivity contribution in [2.45, 2.75) is 48.5 Å². The molecule has 8 nitrogen and oxygen atoms in total. The van der Waals surface area contributed by atoms with Crippen molar-refractivity contribution < 1.29 is 36.5 Å². The van der Waals surface area contributed by atoms with Gasteiger partial charge in [0, 0.05) is 113 Å². The van der Waals surface area contributed by atoms with E-state index in [1.54, 1.807) is 0 Å². The lowest BCUT2D eigenvalue weighted by Gasteiger charge is -2.09. The molecule has 0 aliphatic heterocycles. The molecular formula is C83H88N8+8. The topological polar surface area (TPSA) is 31.0 Å². The first kappa shape index (κ1) is 63.6. The van der Waals surface area contributed by atoms with Gasteiger partial charge < -0.3 is 0 Å². The van der Waals surface area contributed by atoms with Gasteiger partial charge in [-0.25, -0.2) is 0 Å². The van der Waals surface area contributed by atoms with E-state index in [9.17, 15) is 0 Å². The van der Waals surface area contributed by atoms with Crippen molar-refractivity contribution in [3.05, 3.63) is 300 Å². The molecule has 8 heterocycles. The van der Waals surface area contributed by atoms with Crippen molar-refractivity contribution in [1.29, 1.82) is 0 Å². The lowest BCUT2D eigenvalue weighted by molar-refractivity contribution is -0.685. The SMILES string of the molecule is Cc1ccc(-c2cccc(-c3cccc[n+]3C)[n+]2C)c(C)c1.Cc1ccc(C)c(-c2cccc(-c3cccc[n+]3C)[n+]2C)c1.Cc1cccc(C)c1-c1cccc(-c2cccc[n+]2C)[n+]1C.Cc1ccccc1-c1cccc(-c2cc3ccccc3c[n+]2C)[n+]1C. The molecule has 8 aromatic heterocycles. The molecule has 5 aromatic carbocycles. The van der Waals surface area contributed by atoms with Gasteiger partial charge in [-0.2, -0.15) is 36.5 Å². The summed E-state index contributed by atoms with van der Waals surface area (Å²) in [5.41, 5.74) is 28.9. The maximum atomic E-state index is 2.28. The van der Waals surface area contributed by atoms with Crippen LogP contribution in [0.25, 0.3) is 101 Å². The Labute approximate surface area is 540 Å². The van der Waals surface area contributed by atoms with Gasteiger partial charge in [0.1, 0.15) is 56.4 Å². The molecule has 0 aliphatic rings. The van der Waals surface area contributed by atoms with Crippen LogP contribution in [0.4, 0.5) is 0 Å². The van der Waals surface area contributed by atoms with E-state index < -0.39 is 0 Å². The van der Waals surface area contributed by atoms with E-state index in [0.29, 0.717) is 0 Å². The predicted molar refractivity (Wildman–Crippen MR) is 369 cm³/mol. The maximum absolute atomic E-state index is 2.28. The number of nitrogens with zero attached hydrogens (tertiary/aromatic N) is 8. The third kappa shape index (κ3) is 14.1. The minimum absolute atomic E-state index is 1.20. The second-order valence-electron chi connectivity index (χ2n) is 24.1. The van der Waals surface area contributed by atoms with Crippen LogP contribution in [0.1, 0.15) is 38.9 Å². The number of hydrogen-bond donors (Lipinski definition) is 0. The molecule has 8 heteroatoms. The Kier molecular flexibility index (Phi) is 19.8. The summed E-state index contributed by atoms with van der Waals surface area (Å²) in [5, 5.41) is 2.52. The first-order chi connectivity index (χ1) is 43.9. The smallest absolute Gasteiger partial charge is 0.196 e. The number of aromatic nitrogens is 8. The van der Waals surface area contributed by atoms with Crippen LogP contribution in [-0.2, 0) is 56.4 Å². The lowest BCUT2D eigenvalue weighted by atomic mass is 9.99. The fourth-order valence-corrected chi connectivity index (χ4v) is 12.5. The molecule has 0 spiro atoms. The lowest BCUT2D eigenvalue weighted by Crippen LogP contribution is -2.40. The summed E-state index contributed by atoms with van der Waals surface area (Å²) in [6.07, 6.45) is 8.45. The van der Waals surface area contributed by atoms with Crippen molar-refractivity contribution in [3.63, 3.8) is 0 Å². The summed E-state index contributed by atoms with van der Waals surface area (Å²) in [7, 11) is 16.9. The third-order valence-corrected chi connectivity index (χ3v) is 17.6. The van der Waals surface area contributed by atoms with Gasteiger partial charge in [-0.1, -0.05) is 90.0 Å². The second-order valence-corrected chi connectivity index (χ2v) is 24.1. The Balaban J connectivity index is 0.000000133. The highest BCUT2D eigenvalue weighted by atomic mass is 15.0. The van der Waals surface area contributed by atoms with Crippen molar-refractivity contribution in [1.82, 2.24) is 0 Å². The molecule has 0 bridgehead atoms. The summed E-state index contributed by atoms with van der Waals surface area (Å²) < 4.78 is 17.8. The number of pyridine rings is 8. The van der Waals surface area contributed by atoms with Crippen LogP contribution in [0.5, 0.6) is 0 Å². The summed E-state index contributed by atoms with van der Waals surface area (Å²) in [4.78, 5) is 0. The van der Waals surface area contributed by atoms with Crippen LogP contribution in [-0.4, -0.2) is 0 Å². The highest BCUT2D eigenvalue weighted by molar-refractivity contribution is 5.83. The highest BCUT2D eigenvalue weighted by Crippen LogP contribution is 2.29. The van der Waals surface area contributed by atoms with Gasteiger partial charge in [-0.05, 0) is 148 Å². The molecule has 0 saturated heterocycles. The number of aryl methyl sites for hydroxylation is 11. The van der Waals surface area contributed by atoms with Gasteiger partial charge in [-0.15, -0.1) is 0 Å². The van der Waals surface area contributed by atoms with Gasteiger partial charge in [0.05, 0.1) is 5.56 Å². The fourth-order valence-electron chi connectivity index (χ4n) is 12.5. The summed E-state index contributed by atoms with van der Waals surface area (Å²) >= 11 is 0. The van der Waals surface area contributed by atoms with Crippen LogP contribution in [0.15, 0.2) is 261 Å². The van der Waals surface area contributed by atoms with Crippen LogP contribution in [0.3, 0.4) is 0 Å². The van der Waals surface area contributed by atoms with Gasteiger partial charge in [0.25, 0.3) is 45.6 Å². The van der Waals surface area contributed by atoms with Crippen LogP contribution in [0.2, 0.25) is 0 Å². The van der Waals surface area contributed by atoms with E-state index in [1.807, 2.05) is 0 Å². The van der Waals surface area contributed by atoms with E-state index in [-0.39, 0.29) is 0 Å². The van der Waals surface area contributed by atoms with E-state index in [1.165, 1.54) is 140 Å². The van der Waals surface area contributed by atoms with Crippen molar-refractivity contribution in [2.75, 3.05) is 0 Å². The van der Waals surface area contributed by atoms with Crippen LogP contribution in [0, 0.1) is 48.5 Å². The molecule has 91 heavy (non-hydrogen) atoms. The molecule has 13 rings (SSSR count). The van der Waals surface area contributed by atoms with Crippen LogP contribution < -0.4 is 36.5 Å². The van der Waals surface area contributed by atoms with E-state index >= 15 is 0 Å². The molecule has 13 aromatic rings.